The Labute approximate surface area is 112 Å². The number of nitrogen functional groups attached to an aromatic ring is 1. The third-order valence-electron chi connectivity index (χ3n) is 3.21. The fourth-order valence-corrected chi connectivity index (χ4v) is 1.95. The quantitative estimate of drug-likeness (QED) is 0.716. The first-order chi connectivity index (χ1) is 8.36. The standard InChI is InChI=1S/C13H19ClN2O2/c1-4-7(2)8(3)16-12-10(13(17)18)5-9(15)6-11(12)14/h5-8,16H,4,15H2,1-3H3,(H,17,18). The lowest BCUT2D eigenvalue weighted by molar-refractivity contribution is 0.0698. The minimum Gasteiger partial charge on any atom is -0.478 e. The molecule has 0 heterocycles. The van der Waals surface area contributed by atoms with Crippen molar-refractivity contribution in [2.45, 2.75) is 33.2 Å². The third kappa shape index (κ3) is 3.29. The smallest absolute Gasteiger partial charge is 0.337 e. The van der Waals surface area contributed by atoms with Gasteiger partial charge in [-0.2, -0.15) is 0 Å². The predicted octanol–water partition coefficient (Wildman–Crippen LogP) is 3.47. The van der Waals surface area contributed by atoms with Gasteiger partial charge in [0.15, 0.2) is 0 Å². The maximum absolute atomic E-state index is 11.2. The van der Waals surface area contributed by atoms with E-state index in [2.05, 4.69) is 19.2 Å². The number of halogens is 1. The van der Waals surface area contributed by atoms with Crippen LogP contribution in [0.2, 0.25) is 5.02 Å². The van der Waals surface area contributed by atoms with E-state index in [0.717, 1.165) is 6.42 Å². The summed E-state index contributed by atoms with van der Waals surface area (Å²) in [5.74, 6) is -0.622. The summed E-state index contributed by atoms with van der Waals surface area (Å²) in [5.41, 5.74) is 6.50. The number of hydrogen-bond donors (Lipinski definition) is 3. The molecule has 1 aromatic carbocycles. The number of benzene rings is 1. The van der Waals surface area contributed by atoms with E-state index in [1.807, 2.05) is 6.92 Å². The van der Waals surface area contributed by atoms with Gasteiger partial charge in [-0.3, -0.25) is 0 Å². The molecular formula is C13H19ClN2O2. The van der Waals surface area contributed by atoms with Gasteiger partial charge < -0.3 is 16.2 Å². The molecule has 18 heavy (non-hydrogen) atoms. The first-order valence-electron chi connectivity index (χ1n) is 5.95. The zero-order valence-electron chi connectivity index (χ0n) is 10.8. The Hall–Kier alpha value is -1.42. The molecule has 0 bridgehead atoms. The summed E-state index contributed by atoms with van der Waals surface area (Å²) in [6, 6.07) is 3.11. The van der Waals surface area contributed by atoms with Crippen LogP contribution in [-0.4, -0.2) is 17.1 Å². The predicted molar refractivity (Wildman–Crippen MR) is 75.4 cm³/mol. The summed E-state index contributed by atoms with van der Waals surface area (Å²) in [5, 5.41) is 12.7. The highest BCUT2D eigenvalue weighted by molar-refractivity contribution is 6.34. The Bertz CT molecular complexity index is 449. The van der Waals surface area contributed by atoms with Crippen LogP contribution in [0.15, 0.2) is 12.1 Å². The van der Waals surface area contributed by atoms with Crippen molar-refractivity contribution in [1.82, 2.24) is 0 Å². The molecule has 1 aromatic rings. The fourth-order valence-electron chi connectivity index (χ4n) is 1.67. The van der Waals surface area contributed by atoms with E-state index in [0.29, 0.717) is 22.3 Å². The second-order valence-corrected chi connectivity index (χ2v) is 4.96. The van der Waals surface area contributed by atoms with Crippen molar-refractivity contribution in [2.75, 3.05) is 11.1 Å². The molecule has 0 spiro atoms. The minimum absolute atomic E-state index is 0.107. The van der Waals surface area contributed by atoms with Crippen LogP contribution in [0.4, 0.5) is 11.4 Å². The molecule has 4 N–H and O–H groups in total. The van der Waals surface area contributed by atoms with Gasteiger partial charge in [0.2, 0.25) is 0 Å². The van der Waals surface area contributed by atoms with Gasteiger partial charge in [-0.05, 0) is 25.0 Å². The van der Waals surface area contributed by atoms with Crippen LogP contribution >= 0.6 is 11.6 Å². The lowest BCUT2D eigenvalue weighted by atomic mass is 10.00. The van der Waals surface area contributed by atoms with E-state index < -0.39 is 5.97 Å². The molecule has 100 valence electrons. The monoisotopic (exact) mass is 270 g/mol. The topological polar surface area (TPSA) is 75.3 Å². The molecule has 0 amide bonds. The fraction of sp³-hybridized carbons (Fsp3) is 0.462. The van der Waals surface area contributed by atoms with Crippen molar-refractivity contribution in [3.63, 3.8) is 0 Å². The molecular weight excluding hydrogens is 252 g/mol. The van der Waals surface area contributed by atoms with Crippen molar-refractivity contribution < 1.29 is 9.90 Å². The van der Waals surface area contributed by atoms with Gasteiger partial charge in [0.25, 0.3) is 0 Å². The Kier molecular flexibility index (Phi) is 4.84. The summed E-state index contributed by atoms with van der Waals surface area (Å²) in [6.07, 6.45) is 1.00. The number of aromatic carboxylic acids is 1. The summed E-state index contributed by atoms with van der Waals surface area (Å²) >= 11 is 6.06. The second-order valence-electron chi connectivity index (χ2n) is 4.55. The van der Waals surface area contributed by atoms with Crippen LogP contribution in [0.25, 0.3) is 0 Å². The number of carboxylic acid groups (broad SMARTS) is 1. The van der Waals surface area contributed by atoms with Crippen molar-refractivity contribution in [1.29, 1.82) is 0 Å². The first kappa shape index (κ1) is 14.6. The van der Waals surface area contributed by atoms with Gasteiger partial charge in [0, 0.05) is 11.7 Å². The molecule has 1 rings (SSSR count). The number of nitrogens with one attached hydrogen (secondary N) is 1. The number of hydrogen-bond acceptors (Lipinski definition) is 3. The zero-order valence-corrected chi connectivity index (χ0v) is 11.6. The molecule has 0 radical (unpaired) electrons. The van der Waals surface area contributed by atoms with E-state index in [1.165, 1.54) is 6.07 Å². The highest BCUT2D eigenvalue weighted by Gasteiger charge is 2.18. The molecule has 0 saturated carbocycles. The Morgan fingerprint density at radius 3 is 2.61 bits per heavy atom. The Morgan fingerprint density at radius 2 is 2.11 bits per heavy atom. The summed E-state index contributed by atoms with van der Waals surface area (Å²) in [6.45, 7) is 6.20. The van der Waals surface area contributed by atoms with E-state index in [-0.39, 0.29) is 11.6 Å². The molecule has 0 aliphatic heterocycles. The van der Waals surface area contributed by atoms with Crippen molar-refractivity contribution in [3.8, 4) is 0 Å². The van der Waals surface area contributed by atoms with Crippen LogP contribution in [0.1, 0.15) is 37.6 Å². The highest BCUT2D eigenvalue weighted by Crippen LogP contribution is 2.30. The number of nitrogens with two attached hydrogens (primary N) is 1. The van der Waals surface area contributed by atoms with Gasteiger partial charge in [-0.1, -0.05) is 31.9 Å². The number of rotatable bonds is 5. The molecule has 2 unspecified atom stereocenters. The van der Waals surface area contributed by atoms with Gasteiger partial charge >= 0.3 is 5.97 Å². The van der Waals surface area contributed by atoms with Crippen LogP contribution in [-0.2, 0) is 0 Å². The van der Waals surface area contributed by atoms with Crippen LogP contribution in [0.3, 0.4) is 0 Å². The van der Waals surface area contributed by atoms with Crippen molar-refractivity contribution >= 4 is 28.9 Å². The Morgan fingerprint density at radius 1 is 1.50 bits per heavy atom. The maximum atomic E-state index is 11.2. The van der Waals surface area contributed by atoms with E-state index in [1.54, 1.807) is 6.07 Å². The second kappa shape index (κ2) is 5.96. The molecule has 0 aliphatic rings. The first-order valence-corrected chi connectivity index (χ1v) is 6.33. The summed E-state index contributed by atoms with van der Waals surface area (Å²) in [4.78, 5) is 11.2. The largest absolute Gasteiger partial charge is 0.478 e. The molecule has 4 nitrogen and oxygen atoms in total. The van der Waals surface area contributed by atoms with E-state index >= 15 is 0 Å². The molecule has 0 saturated heterocycles. The van der Waals surface area contributed by atoms with Crippen molar-refractivity contribution in [2.24, 2.45) is 5.92 Å². The zero-order chi connectivity index (χ0) is 13.9. The maximum Gasteiger partial charge on any atom is 0.337 e. The van der Waals surface area contributed by atoms with Crippen LogP contribution in [0, 0.1) is 5.92 Å². The van der Waals surface area contributed by atoms with Gasteiger partial charge in [-0.25, -0.2) is 4.79 Å². The number of carboxylic acids is 1. The van der Waals surface area contributed by atoms with Gasteiger partial charge in [0.05, 0.1) is 16.3 Å². The van der Waals surface area contributed by atoms with Gasteiger partial charge in [0.1, 0.15) is 0 Å². The molecule has 0 fully saturated rings. The van der Waals surface area contributed by atoms with Gasteiger partial charge in [-0.15, -0.1) is 0 Å². The molecule has 5 heteroatoms. The Balaban J connectivity index is 3.11. The summed E-state index contributed by atoms with van der Waals surface area (Å²) < 4.78 is 0. The average Bonchev–Trinajstić information content (AvgIpc) is 2.30. The van der Waals surface area contributed by atoms with E-state index in [4.69, 9.17) is 22.4 Å². The lowest BCUT2D eigenvalue weighted by Gasteiger charge is -2.23. The van der Waals surface area contributed by atoms with E-state index in [9.17, 15) is 4.79 Å². The normalized spacial score (nSPS) is 14.0. The number of carbonyl (C=O) groups is 1. The highest BCUT2D eigenvalue weighted by atomic mass is 35.5. The van der Waals surface area contributed by atoms with Crippen molar-refractivity contribution in [3.05, 3.63) is 22.7 Å². The number of anilines is 2. The van der Waals surface area contributed by atoms with Crippen LogP contribution in [0.5, 0.6) is 0 Å². The van der Waals surface area contributed by atoms with Crippen LogP contribution < -0.4 is 11.1 Å². The summed E-state index contributed by atoms with van der Waals surface area (Å²) in [7, 11) is 0. The molecule has 0 aliphatic carbocycles. The molecule has 0 aromatic heterocycles. The third-order valence-corrected chi connectivity index (χ3v) is 3.51. The molecule has 2 atom stereocenters. The minimum atomic E-state index is -1.04. The SMILES string of the molecule is CCC(C)C(C)Nc1c(Cl)cc(N)cc1C(=O)O. The average molecular weight is 271 g/mol. The lowest BCUT2D eigenvalue weighted by Crippen LogP contribution is -2.24.